The van der Waals surface area contributed by atoms with Gasteiger partial charge >= 0.3 is 0 Å². The van der Waals surface area contributed by atoms with Crippen LogP contribution in [0.15, 0.2) is 70.8 Å². The highest BCUT2D eigenvalue weighted by molar-refractivity contribution is 7.92. The number of hydrogen-bond acceptors (Lipinski definition) is 8. The average Bonchev–Trinajstić information content (AvgIpc) is 2.86. The molecule has 0 aliphatic carbocycles. The number of nitrogens with zero attached hydrogens (tertiary/aromatic N) is 5. The van der Waals surface area contributed by atoms with Crippen molar-refractivity contribution < 1.29 is 8.42 Å². The van der Waals surface area contributed by atoms with Crippen LogP contribution in [0.25, 0.3) is 11.1 Å². The van der Waals surface area contributed by atoms with Gasteiger partial charge in [0.2, 0.25) is 5.95 Å². The van der Waals surface area contributed by atoms with Crippen LogP contribution in [0.4, 0.5) is 23.4 Å². The van der Waals surface area contributed by atoms with Gasteiger partial charge in [0.25, 0.3) is 16.0 Å². The Hall–Kier alpha value is -4.09. The SMILES string of the molecule is CCc1nc(/N=C(\C)Nc2ccc(S(=O)(=O)Nc3ncc(C)cn3)cc2)nc(N)c1-c1ccc(Cl)cc1. The summed E-state index contributed by atoms with van der Waals surface area (Å²) in [6.45, 7) is 5.55. The van der Waals surface area contributed by atoms with E-state index >= 15 is 0 Å². The molecule has 0 unspecified atom stereocenters. The molecular formula is C25H25ClN8O2S. The Morgan fingerprint density at radius 1 is 1.03 bits per heavy atom. The number of amidine groups is 1. The second-order valence-electron chi connectivity index (χ2n) is 8.13. The fraction of sp³-hybridized carbons (Fsp3) is 0.160. The van der Waals surface area contributed by atoms with Crippen LogP contribution in [0.5, 0.6) is 0 Å². The van der Waals surface area contributed by atoms with E-state index in [0.29, 0.717) is 28.8 Å². The molecule has 0 aliphatic heterocycles. The van der Waals surface area contributed by atoms with Gasteiger partial charge in [-0.1, -0.05) is 30.7 Å². The van der Waals surface area contributed by atoms with Crippen LogP contribution in [0.2, 0.25) is 5.02 Å². The summed E-state index contributed by atoms with van der Waals surface area (Å²) in [7, 11) is -3.84. The number of hydrogen-bond donors (Lipinski definition) is 3. The standard InChI is InChI=1S/C25H25ClN8O2S/c1-4-21-22(17-5-7-18(26)8-6-17)23(27)33-25(32-21)31-16(3)30-19-9-11-20(12-10-19)37(35,36)34-24-28-13-15(2)14-29-24/h5-14H,4H2,1-3H3,(H,28,29,34)(H3,27,30,31,32,33). The maximum atomic E-state index is 12.6. The Morgan fingerprint density at radius 3 is 2.30 bits per heavy atom. The third-order valence-corrected chi connectivity index (χ3v) is 6.83. The summed E-state index contributed by atoms with van der Waals surface area (Å²) in [5, 5.41) is 3.74. The van der Waals surface area contributed by atoms with Crippen molar-refractivity contribution >= 4 is 50.9 Å². The smallest absolute Gasteiger partial charge is 0.264 e. The monoisotopic (exact) mass is 536 g/mol. The number of aryl methyl sites for hydroxylation is 2. The van der Waals surface area contributed by atoms with Gasteiger partial charge in [-0.25, -0.2) is 28.1 Å². The zero-order valence-corrected chi connectivity index (χ0v) is 22.0. The van der Waals surface area contributed by atoms with Crippen molar-refractivity contribution in [2.45, 2.75) is 32.1 Å². The van der Waals surface area contributed by atoms with Gasteiger partial charge in [-0.05, 0) is 67.8 Å². The summed E-state index contributed by atoms with van der Waals surface area (Å²) in [5.41, 5.74) is 10.1. The fourth-order valence-corrected chi connectivity index (χ4v) is 4.56. The zero-order valence-electron chi connectivity index (χ0n) is 20.4. The summed E-state index contributed by atoms with van der Waals surface area (Å²) in [6, 6.07) is 13.5. The molecular weight excluding hydrogens is 512 g/mol. The van der Waals surface area contributed by atoms with E-state index in [9.17, 15) is 8.42 Å². The topological polar surface area (TPSA) is 148 Å². The van der Waals surface area contributed by atoms with Crippen molar-refractivity contribution in [2.75, 3.05) is 15.8 Å². The minimum absolute atomic E-state index is 0.00332. The van der Waals surface area contributed by atoms with E-state index in [0.717, 1.165) is 22.4 Å². The highest BCUT2D eigenvalue weighted by atomic mass is 35.5. The van der Waals surface area contributed by atoms with Gasteiger partial charge in [0.1, 0.15) is 11.7 Å². The van der Waals surface area contributed by atoms with E-state index in [4.69, 9.17) is 17.3 Å². The van der Waals surface area contributed by atoms with Crippen molar-refractivity contribution in [2.24, 2.45) is 4.99 Å². The van der Waals surface area contributed by atoms with Crippen molar-refractivity contribution in [3.8, 4) is 11.1 Å². The highest BCUT2D eigenvalue weighted by Crippen LogP contribution is 2.30. The molecule has 0 fully saturated rings. The number of benzene rings is 2. The minimum Gasteiger partial charge on any atom is -0.383 e. The van der Waals surface area contributed by atoms with E-state index in [1.807, 2.05) is 26.0 Å². The fourth-order valence-electron chi connectivity index (χ4n) is 3.48. The number of halogens is 1. The van der Waals surface area contributed by atoms with Gasteiger partial charge in [-0.2, -0.15) is 9.98 Å². The number of nitrogens with one attached hydrogen (secondary N) is 2. The average molecular weight is 537 g/mol. The molecule has 4 N–H and O–H groups in total. The first-order valence-electron chi connectivity index (χ1n) is 11.3. The number of nitrogen functional groups attached to an aromatic ring is 1. The highest BCUT2D eigenvalue weighted by Gasteiger charge is 2.16. The molecule has 37 heavy (non-hydrogen) atoms. The van der Waals surface area contributed by atoms with E-state index < -0.39 is 10.0 Å². The quantitative estimate of drug-likeness (QED) is 0.220. The number of anilines is 3. The molecule has 0 saturated carbocycles. The van der Waals surface area contributed by atoms with Crippen LogP contribution in [-0.2, 0) is 16.4 Å². The van der Waals surface area contributed by atoms with Gasteiger partial charge in [0.05, 0.1) is 10.6 Å². The third kappa shape index (κ3) is 6.38. The molecule has 0 atom stereocenters. The van der Waals surface area contributed by atoms with Crippen molar-refractivity contribution in [1.29, 1.82) is 0 Å². The van der Waals surface area contributed by atoms with Crippen LogP contribution >= 0.6 is 11.6 Å². The first-order valence-corrected chi connectivity index (χ1v) is 13.2. The molecule has 0 bridgehead atoms. The second-order valence-corrected chi connectivity index (χ2v) is 10.2. The largest absolute Gasteiger partial charge is 0.383 e. The van der Waals surface area contributed by atoms with E-state index in [2.05, 4.69) is 35.0 Å². The summed E-state index contributed by atoms with van der Waals surface area (Å²) in [5.74, 6) is 1.05. The molecule has 4 aromatic rings. The van der Waals surface area contributed by atoms with Gasteiger partial charge in [0.15, 0.2) is 0 Å². The third-order valence-electron chi connectivity index (χ3n) is 5.23. The molecule has 0 amide bonds. The minimum atomic E-state index is -3.84. The van der Waals surface area contributed by atoms with Gasteiger partial charge in [-0.15, -0.1) is 0 Å². The summed E-state index contributed by atoms with van der Waals surface area (Å²) in [4.78, 5) is 21.4. The normalized spacial score (nSPS) is 11.8. The molecule has 2 aromatic heterocycles. The van der Waals surface area contributed by atoms with Crippen molar-refractivity contribution in [3.63, 3.8) is 0 Å². The number of aromatic nitrogens is 4. The number of sulfonamides is 1. The van der Waals surface area contributed by atoms with Gasteiger partial charge in [0, 0.05) is 28.7 Å². The molecule has 4 rings (SSSR count). The predicted octanol–water partition coefficient (Wildman–Crippen LogP) is 5.00. The molecule has 190 valence electrons. The Morgan fingerprint density at radius 2 is 1.68 bits per heavy atom. The number of nitrogens with two attached hydrogens (primary N) is 1. The van der Waals surface area contributed by atoms with E-state index in [1.165, 1.54) is 24.5 Å². The Labute approximate surface area is 220 Å². The predicted molar refractivity (Wildman–Crippen MR) is 147 cm³/mol. The van der Waals surface area contributed by atoms with Crippen LogP contribution < -0.4 is 15.8 Å². The first-order chi connectivity index (χ1) is 17.6. The Balaban J connectivity index is 1.50. The van der Waals surface area contributed by atoms with Crippen LogP contribution in [-0.4, -0.2) is 34.2 Å². The van der Waals surface area contributed by atoms with Crippen LogP contribution in [0.3, 0.4) is 0 Å². The molecule has 0 saturated heterocycles. The van der Waals surface area contributed by atoms with Gasteiger partial charge in [-0.3, -0.25) is 0 Å². The van der Waals surface area contributed by atoms with E-state index in [-0.39, 0.29) is 16.8 Å². The number of rotatable bonds is 7. The lowest BCUT2D eigenvalue weighted by Gasteiger charge is -2.12. The van der Waals surface area contributed by atoms with Crippen LogP contribution in [0, 0.1) is 6.92 Å². The van der Waals surface area contributed by atoms with Crippen molar-refractivity contribution in [1.82, 2.24) is 19.9 Å². The summed E-state index contributed by atoms with van der Waals surface area (Å²) in [6.07, 6.45) is 3.70. The Kier molecular flexibility index (Phi) is 7.65. The molecule has 0 aliphatic rings. The van der Waals surface area contributed by atoms with Crippen LogP contribution in [0.1, 0.15) is 25.1 Å². The molecule has 0 radical (unpaired) electrons. The lowest BCUT2D eigenvalue weighted by Crippen LogP contribution is -2.15. The molecule has 12 heteroatoms. The van der Waals surface area contributed by atoms with Gasteiger partial charge < -0.3 is 11.1 Å². The maximum Gasteiger partial charge on any atom is 0.264 e. The summed E-state index contributed by atoms with van der Waals surface area (Å²) < 4.78 is 27.6. The lowest BCUT2D eigenvalue weighted by molar-refractivity contribution is 0.601. The van der Waals surface area contributed by atoms with E-state index in [1.54, 1.807) is 31.2 Å². The first kappa shape index (κ1) is 26.0. The summed E-state index contributed by atoms with van der Waals surface area (Å²) >= 11 is 6.00. The molecule has 0 spiro atoms. The zero-order chi connectivity index (χ0) is 26.6. The molecule has 2 heterocycles. The Bertz CT molecular complexity index is 1540. The number of aliphatic imine (C=N–C) groups is 1. The second kappa shape index (κ2) is 10.9. The lowest BCUT2D eigenvalue weighted by atomic mass is 10.0. The van der Waals surface area contributed by atoms with Crippen molar-refractivity contribution in [3.05, 3.63) is 77.2 Å². The molecule has 2 aromatic carbocycles. The maximum absolute atomic E-state index is 12.6. The molecule has 10 nitrogen and oxygen atoms in total.